The van der Waals surface area contributed by atoms with Gasteiger partial charge in [-0.15, -0.1) is 12.4 Å². The van der Waals surface area contributed by atoms with Gasteiger partial charge in [-0.1, -0.05) is 29.8 Å². The van der Waals surface area contributed by atoms with Crippen LogP contribution in [0.3, 0.4) is 0 Å². The SMILES string of the molecule is Cl.Cn1cc2c3cc(Cl)ccc3nc-2c2ccccc21. The van der Waals surface area contributed by atoms with E-state index in [1.165, 1.54) is 10.9 Å². The molecule has 0 bridgehead atoms. The summed E-state index contributed by atoms with van der Waals surface area (Å²) in [6, 6.07) is 14.2. The van der Waals surface area contributed by atoms with Gasteiger partial charge in [0.25, 0.3) is 0 Å². The fourth-order valence-electron chi connectivity index (χ4n) is 2.71. The lowest BCUT2D eigenvalue weighted by molar-refractivity contribution is 0.955. The van der Waals surface area contributed by atoms with Crippen molar-refractivity contribution < 1.29 is 0 Å². The van der Waals surface area contributed by atoms with Crippen LogP contribution < -0.4 is 0 Å². The number of pyridine rings is 1. The van der Waals surface area contributed by atoms with Gasteiger partial charge in [0.05, 0.1) is 11.2 Å². The maximum Gasteiger partial charge on any atom is 0.0824 e. The molecule has 2 aliphatic rings. The van der Waals surface area contributed by atoms with Crippen LogP contribution in [0.2, 0.25) is 5.02 Å². The number of nitrogens with zero attached hydrogens (tertiary/aromatic N) is 2. The van der Waals surface area contributed by atoms with E-state index in [4.69, 9.17) is 16.6 Å². The van der Waals surface area contributed by atoms with Gasteiger partial charge < -0.3 is 4.57 Å². The lowest BCUT2D eigenvalue weighted by Gasteiger charge is -2.10. The van der Waals surface area contributed by atoms with Gasteiger partial charge in [0.15, 0.2) is 0 Å². The Morgan fingerprint density at radius 2 is 1.85 bits per heavy atom. The molecule has 0 spiro atoms. The van der Waals surface area contributed by atoms with Crippen LogP contribution in [-0.4, -0.2) is 9.55 Å². The van der Waals surface area contributed by atoms with E-state index < -0.39 is 0 Å². The zero-order valence-electron chi connectivity index (χ0n) is 10.8. The van der Waals surface area contributed by atoms with Gasteiger partial charge in [-0.3, -0.25) is 0 Å². The van der Waals surface area contributed by atoms with Crippen molar-refractivity contribution in [1.82, 2.24) is 9.55 Å². The molecule has 0 radical (unpaired) electrons. The molecule has 0 N–H and O–H groups in total. The summed E-state index contributed by atoms with van der Waals surface area (Å²) >= 11 is 6.10. The van der Waals surface area contributed by atoms with E-state index in [0.29, 0.717) is 0 Å². The van der Waals surface area contributed by atoms with Crippen LogP contribution in [0.15, 0.2) is 48.7 Å². The summed E-state index contributed by atoms with van der Waals surface area (Å²) in [6.07, 6.45) is 2.13. The molecule has 0 saturated carbocycles. The number of para-hydroxylation sites is 1. The normalized spacial score (nSPS) is 11.1. The molecule has 0 atom stereocenters. The van der Waals surface area contributed by atoms with E-state index >= 15 is 0 Å². The Hall–Kier alpha value is -1.77. The first-order chi connectivity index (χ1) is 9.24. The topological polar surface area (TPSA) is 17.8 Å². The van der Waals surface area contributed by atoms with E-state index in [1.54, 1.807) is 0 Å². The number of rotatable bonds is 0. The highest BCUT2D eigenvalue weighted by molar-refractivity contribution is 6.31. The molecule has 0 saturated heterocycles. The van der Waals surface area contributed by atoms with Gasteiger partial charge in [-0.25, -0.2) is 4.98 Å². The van der Waals surface area contributed by atoms with Gasteiger partial charge in [-0.05, 0) is 24.3 Å². The molecule has 0 aromatic heterocycles. The standard InChI is InChI=1S/C16H11ClN2.ClH/c1-19-9-13-12-8-10(17)6-7-14(12)18-16(13)11-4-2-3-5-15(11)19;/h2-9H,1H3;1H. The fourth-order valence-corrected chi connectivity index (χ4v) is 2.88. The second kappa shape index (κ2) is 4.65. The van der Waals surface area contributed by atoms with Gasteiger partial charge in [0.2, 0.25) is 0 Å². The Labute approximate surface area is 127 Å². The highest BCUT2D eigenvalue weighted by Crippen LogP contribution is 2.37. The molecule has 0 aliphatic carbocycles. The highest BCUT2D eigenvalue weighted by atomic mass is 35.5. The monoisotopic (exact) mass is 302 g/mol. The van der Waals surface area contributed by atoms with Crippen LogP contribution in [-0.2, 0) is 7.05 Å². The molecule has 4 heteroatoms. The first kappa shape index (κ1) is 13.2. The van der Waals surface area contributed by atoms with Crippen molar-refractivity contribution in [2.45, 2.75) is 0 Å². The van der Waals surface area contributed by atoms with E-state index in [9.17, 15) is 0 Å². The van der Waals surface area contributed by atoms with Crippen molar-refractivity contribution >= 4 is 45.8 Å². The predicted octanol–water partition coefficient (Wildman–Crippen LogP) is 4.91. The van der Waals surface area contributed by atoms with Crippen molar-refractivity contribution in [3.63, 3.8) is 0 Å². The Morgan fingerprint density at radius 1 is 1.05 bits per heavy atom. The summed E-state index contributed by atoms with van der Waals surface area (Å²) in [5, 5.41) is 3.04. The lowest BCUT2D eigenvalue weighted by atomic mass is 10.1. The van der Waals surface area contributed by atoms with E-state index in [-0.39, 0.29) is 12.4 Å². The minimum atomic E-state index is 0. The number of hydrogen-bond donors (Lipinski definition) is 0. The predicted molar refractivity (Wildman–Crippen MR) is 87.1 cm³/mol. The molecule has 0 amide bonds. The van der Waals surface area contributed by atoms with E-state index in [0.717, 1.165) is 27.2 Å². The largest absolute Gasteiger partial charge is 0.350 e. The Balaban J connectivity index is 0.00000121. The fraction of sp³-hybridized carbons (Fsp3) is 0.0625. The highest BCUT2D eigenvalue weighted by Gasteiger charge is 2.16. The number of hydrogen-bond acceptors (Lipinski definition) is 1. The van der Waals surface area contributed by atoms with Crippen LogP contribution >= 0.6 is 24.0 Å². The summed E-state index contributed by atoms with van der Waals surface area (Å²) in [5.41, 5.74) is 4.38. The molecular weight excluding hydrogens is 291 g/mol. The summed E-state index contributed by atoms with van der Waals surface area (Å²) in [7, 11) is 2.06. The Kier molecular flexibility index (Phi) is 3.08. The van der Waals surface area contributed by atoms with Gasteiger partial charge in [-0.2, -0.15) is 0 Å². The van der Waals surface area contributed by atoms with Crippen molar-refractivity contribution in [1.29, 1.82) is 0 Å². The zero-order valence-corrected chi connectivity index (χ0v) is 12.4. The second-order valence-electron chi connectivity index (χ2n) is 4.79. The molecule has 2 heterocycles. The van der Waals surface area contributed by atoms with Crippen LogP contribution in [0.25, 0.3) is 33.1 Å². The van der Waals surface area contributed by atoms with Crippen molar-refractivity contribution in [2.24, 2.45) is 7.05 Å². The average molecular weight is 303 g/mol. The number of halogens is 2. The molecule has 4 rings (SSSR count). The average Bonchev–Trinajstić information content (AvgIpc) is 2.78. The van der Waals surface area contributed by atoms with Gasteiger partial charge in [0.1, 0.15) is 0 Å². The minimum Gasteiger partial charge on any atom is -0.350 e. The number of aryl methyl sites for hydroxylation is 1. The molecule has 20 heavy (non-hydrogen) atoms. The third kappa shape index (κ3) is 1.76. The Morgan fingerprint density at radius 3 is 2.70 bits per heavy atom. The number of benzene rings is 2. The molecule has 2 aromatic rings. The van der Waals surface area contributed by atoms with Crippen molar-refractivity contribution in [3.05, 3.63) is 53.7 Å². The van der Waals surface area contributed by atoms with Crippen LogP contribution in [0.4, 0.5) is 0 Å². The summed E-state index contributed by atoms with van der Waals surface area (Å²) in [6.45, 7) is 0. The number of fused-ring (bicyclic) bond motifs is 5. The third-order valence-corrected chi connectivity index (χ3v) is 3.83. The van der Waals surface area contributed by atoms with Crippen LogP contribution in [0, 0.1) is 0 Å². The maximum atomic E-state index is 6.10. The molecule has 2 aromatic carbocycles. The van der Waals surface area contributed by atoms with E-state index in [1.807, 2.05) is 30.3 Å². The summed E-state index contributed by atoms with van der Waals surface area (Å²) in [4.78, 5) is 4.75. The van der Waals surface area contributed by atoms with Crippen LogP contribution in [0.5, 0.6) is 0 Å². The van der Waals surface area contributed by atoms with Crippen molar-refractivity contribution in [2.75, 3.05) is 0 Å². The van der Waals surface area contributed by atoms with E-state index in [2.05, 4.69) is 29.9 Å². The molecule has 0 fully saturated rings. The minimum absolute atomic E-state index is 0. The molecule has 0 unspecified atom stereocenters. The Bertz CT molecular complexity index is 896. The molecular formula is C16H12Cl2N2. The first-order valence-corrected chi connectivity index (χ1v) is 6.55. The lowest BCUT2D eigenvalue weighted by Crippen LogP contribution is -1.95. The first-order valence-electron chi connectivity index (χ1n) is 6.17. The smallest absolute Gasteiger partial charge is 0.0824 e. The summed E-state index contributed by atoms with van der Waals surface area (Å²) < 4.78 is 2.14. The molecule has 2 aliphatic heterocycles. The summed E-state index contributed by atoms with van der Waals surface area (Å²) in [5.74, 6) is 0. The van der Waals surface area contributed by atoms with Gasteiger partial charge >= 0.3 is 0 Å². The van der Waals surface area contributed by atoms with Crippen molar-refractivity contribution in [3.8, 4) is 11.3 Å². The second-order valence-corrected chi connectivity index (χ2v) is 5.23. The van der Waals surface area contributed by atoms with Gasteiger partial charge in [0, 0.05) is 40.1 Å². The van der Waals surface area contributed by atoms with Crippen LogP contribution in [0.1, 0.15) is 0 Å². The molecule has 2 nitrogen and oxygen atoms in total. The third-order valence-electron chi connectivity index (χ3n) is 3.60. The molecule has 100 valence electrons. The maximum absolute atomic E-state index is 6.10. The zero-order chi connectivity index (χ0) is 13.0. The number of aromatic nitrogens is 2. The quantitative estimate of drug-likeness (QED) is 0.451.